The molecular weight excluding hydrogens is 283 g/mol. The van der Waals surface area contributed by atoms with Gasteiger partial charge in [-0.05, 0) is 27.7 Å². The average Bonchev–Trinajstić information content (AvgIpc) is 1.27. The molecule has 0 amide bonds. The summed E-state index contributed by atoms with van der Waals surface area (Å²) in [5, 5.41) is 0. The standard InChI is InChI=1S/C6H14O.Pt/c1-5(2)7-6(3)4;/h5-6H,1-4H3;. The van der Waals surface area contributed by atoms with Crippen LogP contribution in [0.25, 0.3) is 0 Å². The van der Waals surface area contributed by atoms with Gasteiger partial charge in [0, 0.05) is 21.1 Å². The SMILES string of the molecule is CC(C)OC(C)C.[Pt]. The summed E-state index contributed by atoms with van der Waals surface area (Å²) >= 11 is 0. The Hall–Kier alpha value is 0.648. The molecule has 0 bridgehead atoms. The fourth-order valence-electron chi connectivity index (χ4n) is 0.544. The van der Waals surface area contributed by atoms with Crippen LogP contribution >= 0.6 is 0 Å². The Labute approximate surface area is 66.1 Å². The Morgan fingerprint density at radius 1 is 0.875 bits per heavy atom. The molecule has 0 aromatic heterocycles. The normalized spacial score (nSPS) is 9.75. The Morgan fingerprint density at radius 3 is 1.12 bits per heavy atom. The first kappa shape index (κ1) is 11.4. The van der Waals surface area contributed by atoms with Crippen molar-refractivity contribution in [2.75, 3.05) is 0 Å². The van der Waals surface area contributed by atoms with Gasteiger partial charge in [0.05, 0.1) is 12.2 Å². The molecule has 0 unspecified atom stereocenters. The van der Waals surface area contributed by atoms with E-state index in [-0.39, 0.29) is 21.1 Å². The van der Waals surface area contributed by atoms with Gasteiger partial charge in [0.25, 0.3) is 0 Å². The molecular formula is C6H14OPt. The van der Waals surface area contributed by atoms with Crippen LogP contribution in [0.4, 0.5) is 0 Å². The van der Waals surface area contributed by atoms with Gasteiger partial charge in [0.1, 0.15) is 0 Å². The van der Waals surface area contributed by atoms with E-state index in [9.17, 15) is 0 Å². The van der Waals surface area contributed by atoms with E-state index in [0.29, 0.717) is 12.2 Å². The molecule has 0 rings (SSSR count). The van der Waals surface area contributed by atoms with Crippen LogP contribution in [0.5, 0.6) is 0 Å². The molecule has 1 nitrogen and oxygen atoms in total. The summed E-state index contributed by atoms with van der Waals surface area (Å²) in [5.41, 5.74) is 0. The first-order valence-corrected chi connectivity index (χ1v) is 2.78. The summed E-state index contributed by atoms with van der Waals surface area (Å²) in [6.07, 6.45) is 0.750. The number of ether oxygens (including phenoxy) is 1. The molecule has 0 spiro atoms. The van der Waals surface area contributed by atoms with Crippen molar-refractivity contribution in [1.82, 2.24) is 0 Å². The van der Waals surface area contributed by atoms with E-state index in [2.05, 4.69) is 0 Å². The van der Waals surface area contributed by atoms with Gasteiger partial charge in [-0.1, -0.05) is 0 Å². The molecule has 0 aliphatic rings. The molecule has 0 aliphatic carbocycles. The van der Waals surface area contributed by atoms with Gasteiger partial charge in [0.15, 0.2) is 0 Å². The summed E-state index contributed by atoms with van der Waals surface area (Å²) < 4.78 is 5.25. The summed E-state index contributed by atoms with van der Waals surface area (Å²) in [5.74, 6) is 0. The van der Waals surface area contributed by atoms with Gasteiger partial charge in [0.2, 0.25) is 0 Å². The number of hydrogen-bond donors (Lipinski definition) is 0. The Balaban J connectivity index is 0. The van der Waals surface area contributed by atoms with Crippen molar-refractivity contribution in [2.45, 2.75) is 39.9 Å². The average molecular weight is 297 g/mol. The van der Waals surface area contributed by atoms with Gasteiger partial charge in [-0.3, -0.25) is 0 Å². The third kappa shape index (κ3) is 9.82. The van der Waals surface area contributed by atoms with Crippen LogP contribution in [0, 0.1) is 0 Å². The van der Waals surface area contributed by atoms with Gasteiger partial charge in [-0.2, -0.15) is 0 Å². The molecule has 0 saturated heterocycles. The number of rotatable bonds is 2. The van der Waals surface area contributed by atoms with E-state index in [4.69, 9.17) is 4.74 Å². The molecule has 54 valence electrons. The van der Waals surface area contributed by atoms with E-state index in [0.717, 1.165) is 0 Å². The van der Waals surface area contributed by atoms with Crippen LogP contribution in [-0.2, 0) is 25.8 Å². The van der Waals surface area contributed by atoms with Crippen LogP contribution in [0.2, 0.25) is 0 Å². The van der Waals surface area contributed by atoms with Crippen LogP contribution in [0.3, 0.4) is 0 Å². The van der Waals surface area contributed by atoms with Gasteiger partial charge in [-0.25, -0.2) is 0 Å². The van der Waals surface area contributed by atoms with E-state index in [1.165, 1.54) is 0 Å². The van der Waals surface area contributed by atoms with E-state index in [1.54, 1.807) is 0 Å². The fraction of sp³-hybridized carbons (Fsp3) is 1.00. The first-order chi connectivity index (χ1) is 3.13. The molecule has 0 atom stereocenters. The smallest absolute Gasteiger partial charge is 0.0522 e. The molecule has 8 heavy (non-hydrogen) atoms. The van der Waals surface area contributed by atoms with Crippen LogP contribution < -0.4 is 0 Å². The van der Waals surface area contributed by atoms with Crippen LogP contribution in [0.1, 0.15) is 27.7 Å². The Kier molecular flexibility index (Phi) is 8.27. The first-order valence-electron chi connectivity index (χ1n) is 2.78. The maximum Gasteiger partial charge on any atom is 0.0522 e. The van der Waals surface area contributed by atoms with Crippen molar-refractivity contribution in [3.05, 3.63) is 0 Å². The van der Waals surface area contributed by atoms with Crippen molar-refractivity contribution in [3.8, 4) is 0 Å². The Morgan fingerprint density at radius 2 is 1.12 bits per heavy atom. The Bertz CT molecular complexity index is 37.8. The molecule has 0 aromatic rings. The van der Waals surface area contributed by atoms with Crippen molar-refractivity contribution < 1.29 is 25.8 Å². The number of hydrogen-bond acceptors (Lipinski definition) is 1. The van der Waals surface area contributed by atoms with Gasteiger partial charge < -0.3 is 4.74 Å². The molecule has 0 aromatic carbocycles. The van der Waals surface area contributed by atoms with E-state index < -0.39 is 0 Å². The van der Waals surface area contributed by atoms with Crippen LogP contribution in [-0.4, -0.2) is 12.2 Å². The molecule has 0 N–H and O–H groups in total. The molecule has 2 heteroatoms. The third-order valence-electron chi connectivity index (χ3n) is 0.544. The zero-order chi connectivity index (χ0) is 5.86. The zero-order valence-electron chi connectivity index (χ0n) is 5.88. The minimum atomic E-state index is 0. The van der Waals surface area contributed by atoms with Gasteiger partial charge >= 0.3 is 0 Å². The topological polar surface area (TPSA) is 9.23 Å². The minimum Gasteiger partial charge on any atom is -0.376 e. The monoisotopic (exact) mass is 297 g/mol. The predicted octanol–water partition coefficient (Wildman–Crippen LogP) is 1.82. The quantitative estimate of drug-likeness (QED) is 0.755. The van der Waals surface area contributed by atoms with Crippen molar-refractivity contribution >= 4 is 0 Å². The second-order valence-corrected chi connectivity index (χ2v) is 2.23. The fourth-order valence-corrected chi connectivity index (χ4v) is 0.544. The molecule has 0 heterocycles. The molecule has 0 saturated carbocycles. The summed E-state index contributed by atoms with van der Waals surface area (Å²) in [6, 6.07) is 0. The second-order valence-electron chi connectivity index (χ2n) is 2.23. The maximum absolute atomic E-state index is 5.25. The van der Waals surface area contributed by atoms with Crippen LogP contribution in [0.15, 0.2) is 0 Å². The summed E-state index contributed by atoms with van der Waals surface area (Å²) in [4.78, 5) is 0. The largest absolute Gasteiger partial charge is 0.376 e. The maximum atomic E-state index is 5.25. The minimum absolute atomic E-state index is 0. The third-order valence-corrected chi connectivity index (χ3v) is 0.544. The van der Waals surface area contributed by atoms with Gasteiger partial charge in [-0.15, -0.1) is 0 Å². The zero-order valence-corrected chi connectivity index (χ0v) is 8.15. The molecule has 0 radical (unpaired) electrons. The summed E-state index contributed by atoms with van der Waals surface area (Å²) in [6.45, 7) is 8.17. The van der Waals surface area contributed by atoms with E-state index in [1.807, 2.05) is 27.7 Å². The van der Waals surface area contributed by atoms with E-state index >= 15 is 0 Å². The summed E-state index contributed by atoms with van der Waals surface area (Å²) in [7, 11) is 0. The predicted molar refractivity (Wildman–Crippen MR) is 31.4 cm³/mol. The molecule has 0 fully saturated rings. The van der Waals surface area contributed by atoms with Crippen molar-refractivity contribution in [1.29, 1.82) is 0 Å². The van der Waals surface area contributed by atoms with Crippen molar-refractivity contribution in [3.63, 3.8) is 0 Å². The second kappa shape index (κ2) is 5.78. The van der Waals surface area contributed by atoms with Crippen molar-refractivity contribution in [2.24, 2.45) is 0 Å². The molecule has 0 aliphatic heterocycles.